The van der Waals surface area contributed by atoms with Crippen molar-refractivity contribution in [1.29, 1.82) is 0 Å². The third-order valence-electron chi connectivity index (χ3n) is 3.99. The Hall–Kier alpha value is -3.74. The van der Waals surface area contributed by atoms with Crippen molar-refractivity contribution in [3.05, 3.63) is 72.3 Å². The first-order valence-corrected chi connectivity index (χ1v) is 8.10. The summed E-state index contributed by atoms with van der Waals surface area (Å²) in [6.07, 6.45) is 3.24. The van der Waals surface area contributed by atoms with E-state index in [2.05, 4.69) is 15.3 Å². The summed E-state index contributed by atoms with van der Waals surface area (Å²) in [4.78, 5) is 20.9. The third-order valence-corrected chi connectivity index (χ3v) is 3.99. The van der Waals surface area contributed by atoms with Gasteiger partial charge in [0.15, 0.2) is 5.58 Å². The van der Waals surface area contributed by atoms with Crippen molar-refractivity contribution in [3.8, 4) is 17.2 Å². The van der Waals surface area contributed by atoms with Crippen LogP contribution in [0.3, 0.4) is 0 Å². The topological polar surface area (TPSA) is 77.2 Å². The molecule has 0 saturated heterocycles. The molecule has 1 N–H and O–H groups in total. The summed E-state index contributed by atoms with van der Waals surface area (Å²) in [7, 11) is 1.51. The fraction of sp³-hybridized carbons (Fsp3) is 0.0500. The molecule has 2 aromatic carbocycles. The normalized spacial score (nSPS) is 10.7. The summed E-state index contributed by atoms with van der Waals surface area (Å²) in [5.41, 5.74) is 2.70. The number of amides is 1. The van der Waals surface area contributed by atoms with Crippen LogP contribution in [0.25, 0.3) is 22.6 Å². The standard InChI is InChI=1S/C20H14FN3O3/c1-26-17-7-4-13(20-24-16-11-22-9-8-18(16)27-20)10-15(17)23-19(25)12-2-5-14(21)6-3-12/h2-11H,1H3,(H,23,25). The first-order chi connectivity index (χ1) is 13.1. The molecule has 4 aromatic rings. The average molecular weight is 363 g/mol. The Bertz CT molecular complexity index is 1090. The number of hydrogen-bond donors (Lipinski definition) is 1. The highest BCUT2D eigenvalue weighted by Gasteiger charge is 2.14. The highest BCUT2D eigenvalue weighted by Crippen LogP contribution is 2.32. The zero-order valence-electron chi connectivity index (χ0n) is 14.3. The van der Waals surface area contributed by atoms with Crippen LogP contribution in [0.5, 0.6) is 5.75 Å². The van der Waals surface area contributed by atoms with E-state index in [-0.39, 0.29) is 5.91 Å². The number of hydrogen-bond acceptors (Lipinski definition) is 5. The Labute approximate surface area is 153 Å². The smallest absolute Gasteiger partial charge is 0.255 e. The number of benzene rings is 2. The predicted octanol–water partition coefficient (Wildman–Crippen LogP) is 4.29. The van der Waals surface area contributed by atoms with Crippen molar-refractivity contribution in [1.82, 2.24) is 9.97 Å². The molecule has 4 rings (SSSR count). The lowest BCUT2D eigenvalue weighted by Gasteiger charge is -2.11. The van der Waals surface area contributed by atoms with Crippen molar-refractivity contribution in [3.63, 3.8) is 0 Å². The summed E-state index contributed by atoms with van der Waals surface area (Å²) in [6, 6.07) is 12.2. The molecule has 6 nitrogen and oxygen atoms in total. The second kappa shape index (κ2) is 6.87. The van der Waals surface area contributed by atoms with Crippen molar-refractivity contribution >= 4 is 22.7 Å². The minimum absolute atomic E-state index is 0.330. The molecule has 0 unspecified atom stereocenters. The van der Waals surface area contributed by atoms with Crippen LogP contribution in [-0.2, 0) is 0 Å². The molecule has 0 atom stereocenters. The van der Waals surface area contributed by atoms with E-state index in [1.54, 1.807) is 36.7 Å². The van der Waals surface area contributed by atoms with E-state index in [0.29, 0.717) is 39.6 Å². The molecule has 7 heteroatoms. The van der Waals surface area contributed by atoms with Crippen molar-refractivity contribution in [2.45, 2.75) is 0 Å². The van der Waals surface area contributed by atoms with Gasteiger partial charge < -0.3 is 14.5 Å². The number of pyridine rings is 1. The van der Waals surface area contributed by atoms with Gasteiger partial charge in [0.05, 0.1) is 19.0 Å². The molecule has 1 amide bonds. The zero-order chi connectivity index (χ0) is 18.8. The summed E-state index contributed by atoms with van der Waals surface area (Å²) in [5.74, 6) is 0.0914. The Morgan fingerprint density at radius 1 is 1.15 bits per heavy atom. The third kappa shape index (κ3) is 3.35. The number of nitrogens with zero attached hydrogens (tertiary/aromatic N) is 2. The first-order valence-electron chi connectivity index (χ1n) is 8.10. The van der Waals surface area contributed by atoms with E-state index < -0.39 is 5.82 Å². The lowest BCUT2D eigenvalue weighted by Crippen LogP contribution is -2.12. The first kappa shape index (κ1) is 16.7. The number of halogens is 1. The highest BCUT2D eigenvalue weighted by molar-refractivity contribution is 6.05. The summed E-state index contributed by atoms with van der Waals surface area (Å²) < 4.78 is 24.1. The number of rotatable bonds is 4. The van der Waals surface area contributed by atoms with Crippen LogP contribution in [0.1, 0.15) is 10.4 Å². The average Bonchev–Trinajstić information content (AvgIpc) is 3.12. The largest absolute Gasteiger partial charge is 0.495 e. The van der Waals surface area contributed by atoms with Crippen LogP contribution in [0.15, 0.2) is 65.3 Å². The van der Waals surface area contributed by atoms with Gasteiger partial charge in [0.25, 0.3) is 5.91 Å². The molecule has 134 valence electrons. The van der Waals surface area contributed by atoms with Crippen molar-refractivity contribution < 1.29 is 18.3 Å². The molecule has 0 aliphatic rings. The van der Waals surface area contributed by atoms with Gasteiger partial charge in [-0.2, -0.15) is 0 Å². The molecule has 0 aliphatic heterocycles. The minimum Gasteiger partial charge on any atom is -0.495 e. The Balaban J connectivity index is 1.68. The molecular formula is C20H14FN3O3. The van der Waals surface area contributed by atoms with E-state index >= 15 is 0 Å². The van der Waals surface area contributed by atoms with E-state index in [9.17, 15) is 9.18 Å². The summed E-state index contributed by atoms with van der Waals surface area (Å²) in [6.45, 7) is 0. The Kier molecular flexibility index (Phi) is 4.25. The quantitative estimate of drug-likeness (QED) is 0.585. The number of carbonyl (C=O) groups excluding carboxylic acids is 1. The zero-order valence-corrected chi connectivity index (χ0v) is 14.3. The van der Waals surface area contributed by atoms with Crippen LogP contribution in [-0.4, -0.2) is 23.0 Å². The molecule has 0 radical (unpaired) electrons. The van der Waals surface area contributed by atoms with Gasteiger partial charge in [0, 0.05) is 23.4 Å². The van der Waals surface area contributed by atoms with Crippen LogP contribution in [0.2, 0.25) is 0 Å². The molecule has 27 heavy (non-hydrogen) atoms. The van der Waals surface area contributed by atoms with Gasteiger partial charge in [0.1, 0.15) is 17.1 Å². The van der Waals surface area contributed by atoms with Gasteiger partial charge >= 0.3 is 0 Å². The number of aromatic nitrogens is 2. The Morgan fingerprint density at radius 3 is 2.70 bits per heavy atom. The number of carbonyl (C=O) groups is 1. The molecular weight excluding hydrogens is 349 g/mol. The van der Waals surface area contributed by atoms with E-state index in [0.717, 1.165) is 0 Å². The summed E-state index contributed by atoms with van der Waals surface area (Å²) in [5, 5.41) is 2.77. The van der Waals surface area contributed by atoms with Gasteiger partial charge in [0.2, 0.25) is 5.89 Å². The predicted molar refractivity (Wildman–Crippen MR) is 98.1 cm³/mol. The number of ether oxygens (including phenoxy) is 1. The number of oxazole rings is 1. The molecule has 2 heterocycles. The number of nitrogens with one attached hydrogen (secondary N) is 1. The molecule has 0 fully saturated rings. The van der Waals surface area contributed by atoms with Gasteiger partial charge in [-0.3, -0.25) is 9.78 Å². The van der Waals surface area contributed by atoms with Gasteiger partial charge in [-0.25, -0.2) is 9.37 Å². The molecule has 0 bridgehead atoms. The molecule has 0 aliphatic carbocycles. The van der Waals surface area contributed by atoms with Crippen molar-refractivity contribution in [2.24, 2.45) is 0 Å². The van der Waals surface area contributed by atoms with Gasteiger partial charge in [-0.1, -0.05) is 0 Å². The maximum Gasteiger partial charge on any atom is 0.255 e. The van der Waals surface area contributed by atoms with Crippen LogP contribution in [0, 0.1) is 5.82 Å². The Morgan fingerprint density at radius 2 is 1.96 bits per heavy atom. The number of anilines is 1. The lowest BCUT2D eigenvalue weighted by atomic mass is 10.1. The van der Waals surface area contributed by atoms with E-state index in [1.807, 2.05) is 0 Å². The van der Waals surface area contributed by atoms with Crippen LogP contribution >= 0.6 is 0 Å². The fourth-order valence-corrected chi connectivity index (χ4v) is 2.64. The number of methoxy groups -OCH3 is 1. The second-order valence-electron chi connectivity index (χ2n) is 5.74. The summed E-state index contributed by atoms with van der Waals surface area (Å²) >= 11 is 0. The van der Waals surface area contributed by atoms with E-state index in [4.69, 9.17) is 9.15 Å². The van der Waals surface area contributed by atoms with E-state index in [1.165, 1.54) is 31.4 Å². The maximum atomic E-state index is 13.1. The van der Waals surface area contributed by atoms with Gasteiger partial charge in [-0.05, 0) is 42.5 Å². The number of fused-ring (bicyclic) bond motifs is 1. The van der Waals surface area contributed by atoms with Gasteiger partial charge in [-0.15, -0.1) is 0 Å². The van der Waals surface area contributed by atoms with Crippen LogP contribution in [0.4, 0.5) is 10.1 Å². The maximum absolute atomic E-state index is 13.1. The monoisotopic (exact) mass is 363 g/mol. The molecule has 2 aromatic heterocycles. The lowest BCUT2D eigenvalue weighted by molar-refractivity contribution is 0.102. The molecule has 0 saturated carbocycles. The minimum atomic E-state index is -0.406. The SMILES string of the molecule is COc1ccc(-c2nc3cnccc3o2)cc1NC(=O)c1ccc(F)cc1. The highest BCUT2D eigenvalue weighted by atomic mass is 19.1. The van der Waals surface area contributed by atoms with Crippen LogP contribution < -0.4 is 10.1 Å². The second-order valence-corrected chi connectivity index (χ2v) is 5.74. The van der Waals surface area contributed by atoms with Crippen molar-refractivity contribution in [2.75, 3.05) is 12.4 Å². The fourth-order valence-electron chi connectivity index (χ4n) is 2.64. The molecule has 0 spiro atoms.